The molecule has 2 heterocycles. The summed E-state index contributed by atoms with van der Waals surface area (Å²) >= 11 is 0. The van der Waals surface area contributed by atoms with Gasteiger partial charge in [-0.25, -0.2) is 9.59 Å². The van der Waals surface area contributed by atoms with E-state index in [1.807, 2.05) is 24.3 Å². The summed E-state index contributed by atoms with van der Waals surface area (Å²) in [5.41, 5.74) is 7.28. The Hall–Kier alpha value is -2.75. The van der Waals surface area contributed by atoms with Gasteiger partial charge in [0.15, 0.2) is 0 Å². The smallest absolute Gasteiger partial charge is 0.328 e. The largest absolute Gasteiger partial charge is 0.354 e. The Labute approximate surface area is 175 Å². The SMILES string of the molecule is NC1CC(CNCc2ccc(-n3ccc(NC(=O)N4CCNCC4)nc3=O)cc2)C1. The maximum atomic E-state index is 12.5. The highest BCUT2D eigenvalue weighted by molar-refractivity contribution is 5.88. The standard InChI is InChI=1S/C21H29N7O2/c22-17-11-16(12-17)14-24-13-15-1-3-18(4-2-15)28-8-5-19(26-21(28)30)25-20(29)27-9-6-23-7-10-27/h1-5,8,16-17,23-24H,6-7,9-14,22H2,(H,25,26,29,30). The fourth-order valence-corrected chi connectivity index (χ4v) is 3.87. The van der Waals surface area contributed by atoms with Crippen molar-refractivity contribution in [2.24, 2.45) is 11.7 Å². The van der Waals surface area contributed by atoms with Crippen LogP contribution in [0.25, 0.3) is 5.69 Å². The second-order valence-electron chi connectivity index (χ2n) is 8.03. The number of nitrogens with zero attached hydrogens (tertiary/aromatic N) is 3. The number of nitrogens with one attached hydrogen (secondary N) is 3. The summed E-state index contributed by atoms with van der Waals surface area (Å²) in [6.07, 6.45) is 3.84. The first-order valence-corrected chi connectivity index (χ1v) is 10.5. The third-order valence-corrected chi connectivity index (χ3v) is 5.69. The number of aromatic nitrogens is 2. The van der Waals surface area contributed by atoms with E-state index in [0.717, 1.165) is 50.3 Å². The van der Waals surface area contributed by atoms with Crippen LogP contribution >= 0.6 is 0 Å². The molecule has 0 spiro atoms. The van der Waals surface area contributed by atoms with Crippen molar-refractivity contribution in [2.75, 3.05) is 38.0 Å². The molecule has 2 amide bonds. The second-order valence-corrected chi connectivity index (χ2v) is 8.03. The minimum atomic E-state index is -0.430. The molecule has 5 N–H and O–H groups in total. The Bertz CT molecular complexity index is 916. The van der Waals surface area contributed by atoms with Gasteiger partial charge in [0, 0.05) is 45.0 Å². The molecule has 1 saturated heterocycles. The highest BCUT2D eigenvalue weighted by Crippen LogP contribution is 2.24. The van der Waals surface area contributed by atoms with Gasteiger partial charge in [-0.3, -0.25) is 9.88 Å². The number of rotatable bonds is 6. The average molecular weight is 412 g/mol. The van der Waals surface area contributed by atoms with Gasteiger partial charge in [-0.05, 0) is 49.1 Å². The van der Waals surface area contributed by atoms with Crippen molar-refractivity contribution in [1.82, 2.24) is 25.1 Å². The molecule has 30 heavy (non-hydrogen) atoms. The molecule has 0 unspecified atom stereocenters. The number of anilines is 1. The molecular weight excluding hydrogens is 382 g/mol. The summed E-state index contributed by atoms with van der Waals surface area (Å²) in [5, 5.41) is 9.36. The van der Waals surface area contributed by atoms with Gasteiger partial charge >= 0.3 is 11.7 Å². The number of nitrogens with two attached hydrogens (primary N) is 1. The molecule has 2 aromatic rings. The fraction of sp³-hybridized carbons (Fsp3) is 0.476. The predicted octanol–water partition coefficient (Wildman–Crippen LogP) is 0.497. The van der Waals surface area contributed by atoms with Crippen LogP contribution in [-0.4, -0.2) is 59.2 Å². The molecular formula is C21H29N7O2. The zero-order valence-corrected chi connectivity index (χ0v) is 17.0. The summed E-state index contributed by atoms with van der Waals surface area (Å²) in [7, 11) is 0. The van der Waals surface area contributed by atoms with E-state index in [1.54, 1.807) is 17.2 Å². The van der Waals surface area contributed by atoms with Crippen LogP contribution in [0.5, 0.6) is 0 Å². The Balaban J connectivity index is 1.33. The maximum absolute atomic E-state index is 12.5. The van der Waals surface area contributed by atoms with E-state index < -0.39 is 5.69 Å². The highest BCUT2D eigenvalue weighted by Gasteiger charge is 2.24. The van der Waals surface area contributed by atoms with Gasteiger partial charge in [0.25, 0.3) is 0 Å². The van der Waals surface area contributed by atoms with Crippen molar-refractivity contribution in [3.05, 3.63) is 52.6 Å². The second kappa shape index (κ2) is 9.38. The minimum Gasteiger partial charge on any atom is -0.328 e. The Kier molecular flexibility index (Phi) is 6.41. The lowest BCUT2D eigenvalue weighted by atomic mass is 9.81. The van der Waals surface area contributed by atoms with Gasteiger partial charge in [-0.2, -0.15) is 4.98 Å². The van der Waals surface area contributed by atoms with Gasteiger partial charge < -0.3 is 21.3 Å². The zero-order valence-electron chi connectivity index (χ0n) is 17.0. The van der Waals surface area contributed by atoms with Crippen molar-refractivity contribution in [1.29, 1.82) is 0 Å². The molecule has 1 aromatic carbocycles. The van der Waals surface area contributed by atoms with E-state index in [0.29, 0.717) is 25.0 Å². The average Bonchev–Trinajstić information content (AvgIpc) is 2.74. The van der Waals surface area contributed by atoms with E-state index in [4.69, 9.17) is 5.73 Å². The molecule has 1 aliphatic heterocycles. The first-order valence-electron chi connectivity index (χ1n) is 10.5. The number of benzene rings is 1. The van der Waals surface area contributed by atoms with Crippen LogP contribution in [0.4, 0.5) is 10.6 Å². The monoisotopic (exact) mass is 411 g/mol. The van der Waals surface area contributed by atoms with Crippen molar-refractivity contribution >= 4 is 11.8 Å². The van der Waals surface area contributed by atoms with E-state index in [9.17, 15) is 9.59 Å². The van der Waals surface area contributed by atoms with E-state index in [2.05, 4.69) is 20.9 Å². The van der Waals surface area contributed by atoms with Crippen molar-refractivity contribution in [3.63, 3.8) is 0 Å². The molecule has 9 nitrogen and oxygen atoms in total. The van der Waals surface area contributed by atoms with Gasteiger partial charge in [0.05, 0.1) is 5.69 Å². The zero-order chi connectivity index (χ0) is 20.9. The Morgan fingerprint density at radius 1 is 1.17 bits per heavy atom. The topological polar surface area (TPSA) is 117 Å². The quantitative estimate of drug-likeness (QED) is 0.550. The van der Waals surface area contributed by atoms with Crippen molar-refractivity contribution < 1.29 is 4.79 Å². The van der Waals surface area contributed by atoms with Crippen LogP contribution in [0.15, 0.2) is 41.3 Å². The molecule has 9 heteroatoms. The maximum Gasteiger partial charge on any atom is 0.354 e. The third kappa shape index (κ3) is 5.05. The summed E-state index contributed by atoms with van der Waals surface area (Å²) in [6, 6.07) is 9.59. The van der Waals surface area contributed by atoms with Crippen LogP contribution in [0, 0.1) is 5.92 Å². The molecule has 0 radical (unpaired) electrons. The molecule has 4 rings (SSSR count). The molecule has 2 fully saturated rings. The molecule has 1 aromatic heterocycles. The predicted molar refractivity (Wildman–Crippen MR) is 116 cm³/mol. The van der Waals surface area contributed by atoms with Crippen molar-refractivity contribution in [3.8, 4) is 5.69 Å². The minimum absolute atomic E-state index is 0.234. The number of hydrogen-bond donors (Lipinski definition) is 4. The molecule has 2 aliphatic rings. The van der Waals surface area contributed by atoms with Crippen LogP contribution in [0.3, 0.4) is 0 Å². The first-order chi connectivity index (χ1) is 14.6. The van der Waals surface area contributed by atoms with Crippen LogP contribution in [0.1, 0.15) is 18.4 Å². The summed E-state index contributed by atoms with van der Waals surface area (Å²) in [4.78, 5) is 30.4. The molecule has 0 atom stereocenters. The number of piperazine rings is 1. The van der Waals surface area contributed by atoms with Crippen LogP contribution in [-0.2, 0) is 6.54 Å². The fourth-order valence-electron chi connectivity index (χ4n) is 3.87. The van der Waals surface area contributed by atoms with E-state index in [-0.39, 0.29) is 11.8 Å². The highest BCUT2D eigenvalue weighted by atomic mass is 16.2. The third-order valence-electron chi connectivity index (χ3n) is 5.69. The number of amides is 2. The lowest BCUT2D eigenvalue weighted by Gasteiger charge is -2.32. The van der Waals surface area contributed by atoms with E-state index in [1.165, 1.54) is 4.57 Å². The lowest BCUT2D eigenvalue weighted by molar-refractivity contribution is 0.204. The number of urea groups is 1. The Morgan fingerprint density at radius 3 is 2.57 bits per heavy atom. The molecule has 0 bridgehead atoms. The van der Waals surface area contributed by atoms with Gasteiger partial charge in [0.2, 0.25) is 0 Å². The summed E-state index contributed by atoms with van der Waals surface area (Å²) in [6.45, 7) is 4.58. The van der Waals surface area contributed by atoms with Gasteiger partial charge in [-0.15, -0.1) is 0 Å². The number of carbonyl (C=O) groups is 1. The number of carbonyl (C=O) groups excluding carboxylic acids is 1. The van der Waals surface area contributed by atoms with Crippen LogP contribution < -0.4 is 27.4 Å². The molecule has 1 aliphatic carbocycles. The Morgan fingerprint density at radius 2 is 1.90 bits per heavy atom. The van der Waals surface area contributed by atoms with Crippen LogP contribution in [0.2, 0.25) is 0 Å². The van der Waals surface area contributed by atoms with E-state index >= 15 is 0 Å². The normalized spacial score (nSPS) is 21.2. The van der Waals surface area contributed by atoms with Crippen molar-refractivity contribution in [2.45, 2.75) is 25.4 Å². The van der Waals surface area contributed by atoms with Gasteiger partial charge in [0.1, 0.15) is 5.82 Å². The summed E-state index contributed by atoms with van der Waals surface area (Å²) in [5.74, 6) is 0.950. The lowest BCUT2D eigenvalue weighted by Crippen LogP contribution is -2.48. The molecule has 160 valence electrons. The molecule has 1 saturated carbocycles. The number of hydrogen-bond acceptors (Lipinski definition) is 6. The first kappa shape index (κ1) is 20.5. The summed E-state index contributed by atoms with van der Waals surface area (Å²) < 4.78 is 1.47. The van der Waals surface area contributed by atoms with Gasteiger partial charge in [-0.1, -0.05) is 12.1 Å².